The number of fused-ring (bicyclic) bond motifs is 4. The lowest BCUT2D eigenvalue weighted by molar-refractivity contribution is -0.176. The number of nitrogens with zero attached hydrogens (tertiary/aromatic N) is 3. The highest BCUT2D eigenvalue weighted by atomic mass is 35.5. The number of thioether (sulfide) groups is 3. The van der Waals surface area contributed by atoms with Crippen LogP contribution in [0, 0.1) is 5.92 Å². The van der Waals surface area contributed by atoms with Gasteiger partial charge >= 0.3 is 12.1 Å². The summed E-state index contributed by atoms with van der Waals surface area (Å²) in [5, 5.41) is 36.1. The Hall–Kier alpha value is -4.27. The van der Waals surface area contributed by atoms with Crippen molar-refractivity contribution in [2.45, 2.75) is 95.5 Å². The number of hydrogen-bond acceptors (Lipinski definition) is 19. The second-order valence-corrected chi connectivity index (χ2v) is 21.6. The number of halogens is 1. The molecule has 3 rings (SSSR count). The van der Waals surface area contributed by atoms with E-state index in [2.05, 4.69) is 21.1 Å². The third-order valence-electron chi connectivity index (χ3n) is 12.2. The number of ether oxygens (including phenoxy) is 6. The molecule has 0 aromatic heterocycles. The number of esters is 1. The van der Waals surface area contributed by atoms with Crippen molar-refractivity contribution in [3.63, 3.8) is 0 Å². The van der Waals surface area contributed by atoms with E-state index >= 15 is 0 Å². The molecule has 25 heteroatoms. The fraction of sp³-hybridized carbons (Fsp3) is 0.660. The van der Waals surface area contributed by atoms with Crippen molar-refractivity contribution in [2.24, 2.45) is 11.1 Å². The molecule has 4 bridgehead atoms. The van der Waals surface area contributed by atoms with Gasteiger partial charge in [0.05, 0.1) is 62.7 Å². The van der Waals surface area contributed by atoms with E-state index in [0.29, 0.717) is 31.0 Å². The van der Waals surface area contributed by atoms with Crippen LogP contribution < -0.4 is 25.6 Å². The molecule has 1 aromatic carbocycles. The zero-order valence-electron chi connectivity index (χ0n) is 44.7. The van der Waals surface area contributed by atoms with Gasteiger partial charge in [-0.3, -0.25) is 24.5 Å². The van der Waals surface area contributed by atoms with E-state index < -0.39 is 71.9 Å². The first-order chi connectivity index (χ1) is 35.6. The maximum absolute atomic E-state index is 14.2. The van der Waals surface area contributed by atoms with Gasteiger partial charge in [-0.15, -0.1) is 0 Å². The number of rotatable bonds is 26. The predicted molar refractivity (Wildman–Crippen MR) is 293 cm³/mol. The van der Waals surface area contributed by atoms with Crippen LogP contribution in [-0.2, 0) is 58.9 Å². The van der Waals surface area contributed by atoms with Crippen LogP contribution >= 0.6 is 46.9 Å². The minimum atomic E-state index is -1.95. The Balaban J connectivity index is 1.56. The van der Waals surface area contributed by atoms with Gasteiger partial charge in [0.2, 0.25) is 17.7 Å². The third kappa shape index (κ3) is 21.9. The maximum atomic E-state index is 14.2. The van der Waals surface area contributed by atoms with Gasteiger partial charge in [-0.1, -0.05) is 47.5 Å². The van der Waals surface area contributed by atoms with Gasteiger partial charge in [0.15, 0.2) is 12.3 Å². The lowest BCUT2D eigenvalue weighted by Gasteiger charge is -2.43. The van der Waals surface area contributed by atoms with E-state index in [9.17, 15) is 39.0 Å². The molecule has 2 heterocycles. The SMILES string of the molecule is COc1cc2cc(c1Cl)N(C)C(=O)C[C@H](OC(=O)[C@H](C)N(C)C(=O)CCSCC(=O)NCCOCCOCCNC(=O)CON=C(CSC)CSC)[C@](C)(O)CC(C)[C@@H]1C[C@@](O)(NC(=O)O1)[C@H](OC)/C=C/C=C(\C)C2. The number of alkyl carbamates (subject to hydrolysis) is 1. The Kier molecular flexibility index (Phi) is 28.7. The molecule has 5 N–H and O–H groups in total. The molecule has 1 saturated heterocycles. The number of likely N-dealkylation sites (N-methyl/N-ethyl adjacent to an activating group) is 1. The number of hydrogen-bond donors (Lipinski definition) is 5. The topological polar surface area (TPSA) is 262 Å². The number of benzene rings is 1. The zero-order chi connectivity index (χ0) is 55.7. The van der Waals surface area contributed by atoms with Crippen LogP contribution in [0.4, 0.5) is 10.5 Å². The molecule has 2 aliphatic rings. The number of methoxy groups -OCH3 is 2. The van der Waals surface area contributed by atoms with E-state index in [1.54, 1.807) is 54.7 Å². The molecule has 2 aliphatic heterocycles. The number of aliphatic hydroxyl groups is 2. The molecule has 5 amide bonds. The average Bonchev–Trinajstić information content (AvgIpc) is 3.35. The molecular formula is C50H77ClN6O15S3. The number of carbonyl (C=O) groups excluding carboxylic acids is 6. The first-order valence-corrected chi connectivity index (χ1v) is 28.7. The van der Waals surface area contributed by atoms with Crippen LogP contribution in [0.3, 0.4) is 0 Å². The highest BCUT2D eigenvalue weighted by Gasteiger charge is 2.48. The Morgan fingerprint density at radius 2 is 1.67 bits per heavy atom. The molecule has 0 aliphatic carbocycles. The van der Waals surface area contributed by atoms with Crippen molar-refractivity contribution in [1.29, 1.82) is 0 Å². The van der Waals surface area contributed by atoms with Crippen LogP contribution in [0.25, 0.3) is 0 Å². The summed E-state index contributed by atoms with van der Waals surface area (Å²) in [6, 6.07) is 2.31. The molecule has 0 radical (unpaired) electrons. The lowest BCUT2D eigenvalue weighted by Crippen LogP contribution is -2.63. The molecule has 1 fully saturated rings. The highest BCUT2D eigenvalue weighted by Crippen LogP contribution is 2.38. The number of allylic oxidation sites excluding steroid dienone is 3. The summed E-state index contributed by atoms with van der Waals surface area (Å²) >= 11 is 11.3. The molecule has 1 aromatic rings. The largest absolute Gasteiger partial charge is 0.495 e. The van der Waals surface area contributed by atoms with Gasteiger partial charge < -0.3 is 63.9 Å². The molecular weight excluding hydrogens is 1060 g/mol. The monoisotopic (exact) mass is 1130 g/mol. The summed E-state index contributed by atoms with van der Waals surface area (Å²) in [7, 11) is 5.77. The van der Waals surface area contributed by atoms with Gasteiger partial charge in [0.25, 0.3) is 5.91 Å². The van der Waals surface area contributed by atoms with Gasteiger partial charge in [-0.05, 0) is 69.7 Å². The van der Waals surface area contributed by atoms with E-state index in [4.69, 9.17) is 44.9 Å². The minimum absolute atomic E-state index is 0.0136. The summed E-state index contributed by atoms with van der Waals surface area (Å²) in [4.78, 5) is 86.5. The molecule has 75 heavy (non-hydrogen) atoms. The van der Waals surface area contributed by atoms with Crippen molar-refractivity contribution < 1.29 is 72.2 Å². The van der Waals surface area contributed by atoms with Crippen LogP contribution in [-0.4, -0.2) is 202 Å². The van der Waals surface area contributed by atoms with Crippen LogP contribution in [0.15, 0.2) is 41.1 Å². The van der Waals surface area contributed by atoms with E-state index in [0.717, 1.165) is 28.4 Å². The number of amides is 5. The quantitative estimate of drug-likeness (QED) is 0.0380. The summed E-state index contributed by atoms with van der Waals surface area (Å²) in [6.07, 6.45) is 4.23. The summed E-state index contributed by atoms with van der Waals surface area (Å²) < 4.78 is 33.8. The fourth-order valence-electron chi connectivity index (χ4n) is 7.92. The van der Waals surface area contributed by atoms with Gasteiger partial charge in [-0.25, -0.2) is 9.59 Å². The van der Waals surface area contributed by atoms with Crippen molar-refractivity contribution in [1.82, 2.24) is 20.9 Å². The zero-order valence-corrected chi connectivity index (χ0v) is 47.9. The van der Waals surface area contributed by atoms with Gasteiger partial charge in [0.1, 0.15) is 35.1 Å². The minimum Gasteiger partial charge on any atom is -0.495 e. The number of anilines is 1. The van der Waals surface area contributed by atoms with Gasteiger partial charge in [-0.2, -0.15) is 35.3 Å². The number of nitrogens with one attached hydrogen (secondary N) is 3. The summed E-state index contributed by atoms with van der Waals surface area (Å²) in [5.74, 6) is -1.00. The summed E-state index contributed by atoms with van der Waals surface area (Å²) in [5.41, 5.74) is -1.06. The first-order valence-electron chi connectivity index (χ1n) is 24.4. The van der Waals surface area contributed by atoms with E-state index in [-0.39, 0.29) is 80.6 Å². The Morgan fingerprint density at radius 1 is 1.01 bits per heavy atom. The highest BCUT2D eigenvalue weighted by molar-refractivity contribution is 8.00. The molecule has 0 spiro atoms. The lowest BCUT2D eigenvalue weighted by atomic mass is 9.81. The van der Waals surface area contributed by atoms with Crippen molar-refractivity contribution in [2.75, 3.05) is 115 Å². The number of carbonyl (C=O) groups is 6. The average molecular weight is 1130 g/mol. The van der Waals surface area contributed by atoms with Crippen molar-refractivity contribution in [3.8, 4) is 5.75 Å². The van der Waals surface area contributed by atoms with E-state index in [1.165, 1.54) is 63.7 Å². The maximum Gasteiger partial charge on any atom is 0.409 e. The van der Waals surface area contributed by atoms with Crippen LogP contribution in [0.5, 0.6) is 5.75 Å². The number of oxime groups is 1. The fourth-order valence-corrected chi connectivity index (χ4v) is 10.1. The Morgan fingerprint density at radius 3 is 2.29 bits per heavy atom. The third-order valence-corrected chi connectivity index (χ3v) is 14.8. The molecule has 21 nitrogen and oxygen atoms in total. The van der Waals surface area contributed by atoms with Crippen LogP contribution in [0.2, 0.25) is 5.02 Å². The van der Waals surface area contributed by atoms with Crippen LogP contribution in [0.1, 0.15) is 58.9 Å². The molecule has 1 unspecified atom stereocenters. The smallest absolute Gasteiger partial charge is 0.409 e. The molecule has 422 valence electrons. The first kappa shape index (κ1) is 65.0. The molecule has 0 saturated carbocycles. The van der Waals surface area contributed by atoms with Crippen molar-refractivity contribution >= 4 is 94.0 Å². The normalized spacial score (nSPS) is 23.8. The van der Waals surface area contributed by atoms with E-state index in [1.807, 2.05) is 25.5 Å². The second kappa shape index (κ2) is 33.1. The summed E-state index contributed by atoms with van der Waals surface area (Å²) in [6.45, 7) is 7.94. The Bertz CT molecular complexity index is 2150. The predicted octanol–water partition coefficient (Wildman–Crippen LogP) is 3.99. The standard InChI is InChI=1S/C50H77ClN6O15S3/c1-32-12-11-13-40(67-8)50(65)27-39(71-48(63)54-50)33(2)26-49(4,64)41(25-45(61)57(6)37-23-35(22-32)24-38(66-7)46(37)51)72-47(62)34(3)56(5)44(60)14-21-75-31-43(59)53-16-18-69-20-19-68-17-15-52-42(58)28-70-55-36(29-73-9)30-74-10/h11-13,23-24,33-34,39-41,64-65H,14-22,25-31H2,1-10H3,(H,52,58)(H,53,59)(H,54,63)/b13-11+,32-12+/t33?,34-,39-,40+,41-,49+,50-/m0/s1. The van der Waals surface area contributed by atoms with Gasteiger partial charge in [0, 0.05) is 64.4 Å². The Labute approximate surface area is 458 Å². The van der Waals surface area contributed by atoms with Crippen molar-refractivity contribution in [3.05, 3.63) is 46.5 Å². The second-order valence-electron chi connectivity index (χ2n) is 18.4. The molecule has 7 atom stereocenters.